The van der Waals surface area contributed by atoms with Gasteiger partial charge in [-0.3, -0.25) is 14.3 Å². The van der Waals surface area contributed by atoms with Crippen LogP contribution in [0, 0.1) is 30.1 Å². The molecular weight excluding hydrogens is 482 g/mol. The first-order valence-corrected chi connectivity index (χ1v) is 12.9. The third-order valence-electron chi connectivity index (χ3n) is 6.67. The van der Waals surface area contributed by atoms with E-state index in [1.807, 2.05) is 49.3 Å². The highest BCUT2D eigenvalue weighted by Crippen LogP contribution is 2.54. The van der Waals surface area contributed by atoms with Crippen LogP contribution < -0.4 is 5.32 Å². The second-order valence-electron chi connectivity index (χ2n) is 9.77. The normalized spacial score (nSPS) is 16.4. The lowest BCUT2D eigenvalue weighted by molar-refractivity contribution is -0.157. The van der Waals surface area contributed by atoms with Gasteiger partial charge in [0, 0.05) is 36.2 Å². The van der Waals surface area contributed by atoms with E-state index < -0.39 is 0 Å². The number of nitrogens with zero attached hydrogens (tertiary/aromatic N) is 4. The zero-order chi connectivity index (χ0) is 24.7. The molecule has 0 radical (unpaired) electrons. The molecule has 2 aliphatic rings. The summed E-state index contributed by atoms with van der Waals surface area (Å²) in [4.78, 5) is 32.7. The summed E-state index contributed by atoms with van der Waals surface area (Å²) in [7, 11) is 0. The molecule has 180 valence electrons. The molecular formula is C26H26ClN5O2S. The van der Waals surface area contributed by atoms with Crippen LogP contribution in [0.25, 0.3) is 0 Å². The Hall–Kier alpha value is -3.15. The van der Waals surface area contributed by atoms with Crippen LogP contribution in [-0.2, 0) is 4.79 Å². The minimum Gasteiger partial charge on any atom is -0.341 e. The Bertz CT molecular complexity index is 1340. The Kier molecular flexibility index (Phi) is 6.16. The molecule has 1 saturated carbocycles. The van der Waals surface area contributed by atoms with Crippen LogP contribution in [0.15, 0.2) is 36.0 Å². The van der Waals surface area contributed by atoms with Gasteiger partial charge in [-0.2, -0.15) is 5.10 Å². The average molecular weight is 508 g/mol. The molecule has 9 heteroatoms. The van der Waals surface area contributed by atoms with E-state index in [4.69, 9.17) is 11.6 Å². The van der Waals surface area contributed by atoms with E-state index in [-0.39, 0.29) is 29.2 Å². The van der Waals surface area contributed by atoms with E-state index in [1.165, 1.54) is 6.20 Å². The number of nitrogens with one attached hydrogen (secondary N) is 1. The van der Waals surface area contributed by atoms with Gasteiger partial charge in [0.2, 0.25) is 5.91 Å². The van der Waals surface area contributed by atoms with Gasteiger partial charge < -0.3 is 10.2 Å². The summed E-state index contributed by atoms with van der Waals surface area (Å²) in [5.41, 5.74) is 2.07. The van der Waals surface area contributed by atoms with Crippen LogP contribution in [0.2, 0.25) is 5.02 Å². The van der Waals surface area contributed by atoms with Gasteiger partial charge in [-0.15, -0.1) is 11.3 Å². The van der Waals surface area contributed by atoms with Crippen LogP contribution in [0.3, 0.4) is 0 Å². The molecule has 0 unspecified atom stereocenters. The molecule has 2 fully saturated rings. The highest BCUT2D eigenvalue weighted by atomic mass is 35.5. The van der Waals surface area contributed by atoms with Crippen LogP contribution in [-0.4, -0.2) is 44.6 Å². The molecule has 4 heterocycles. The zero-order valence-corrected chi connectivity index (χ0v) is 21.4. The SMILES string of the molecule is Cc1cc(C#Cc2cccs2)cnc1NC(=O)c1c(Cl)cnn1C1CC2(C1)CN(C(=O)C(C)C)C2. The fraction of sp³-hybridized carbons (Fsp3) is 0.385. The van der Waals surface area contributed by atoms with Crippen LogP contribution in [0.5, 0.6) is 0 Å². The van der Waals surface area contributed by atoms with Crippen molar-refractivity contribution in [3.05, 3.63) is 62.7 Å². The first kappa shape index (κ1) is 23.6. The van der Waals surface area contributed by atoms with Crippen molar-refractivity contribution >= 4 is 40.6 Å². The van der Waals surface area contributed by atoms with Crippen molar-refractivity contribution in [1.82, 2.24) is 19.7 Å². The number of hydrogen-bond donors (Lipinski definition) is 1. The maximum absolute atomic E-state index is 13.2. The van der Waals surface area contributed by atoms with Crippen LogP contribution in [0.1, 0.15) is 59.2 Å². The number of carbonyl (C=O) groups is 2. The van der Waals surface area contributed by atoms with E-state index in [0.717, 1.165) is 41.9 Å². The van der Waals surface area contributed by atoms with Crippen molar-refractivity contribution in [2.45, 2.75) is 39.7 Å². The Labute approximate surface area is 213 Å². The second kappa shape index (κ2) is 9.14. The van der Waals surface area contributed by atoms with E-state index in [2.05, 4.69) is 27.2 Å². The summed E-state index contributed by atoms with van der Waals surface area (Å²) < 4.78 is 1.73. The molecule has 0 bridgehead atoms. The molecule has 1 aliphatic carbocycles. The summed E-state index contributed by atoms with van der Waals surface area (Å²) in [5.74, 6) is 6.56. The minimum absolute atomic E-state index is 0.0163. The number of carbonyl (C=O) groups excluding carboxylic acids is 2. The average Bonchev–Trinajstić information content (AvgIpc) is 3.41. The van der Waals surface area contributed by atoms with Gasteiger partial charge in [0.25, 0.3) is 5.91 Å². The monoisotopic (exact) mass is 507 g/mol. The standard InChI is InChI=1S/C26H26ClN5O2S/c1-16(2)25(34)31-14-26(15-31)10-19(11-26)32-22(21(27)13-29-32)24(33)30-23-17(3)9-18(12-28-23)6-7-20-5-4-8-35-20/h4-5,8-9,12-13,16,19H,10-11,14-15H2,1-3H3,(H,28,30,33). The fourth-order valence-electron chi connectivity index (χ4n) is 4.91. The number of likely N-dealkylation sites (tertiary alicyclic amines) is 1. The van der Waals surface area contributed by atoms with E-state index in [0.29, 0.717) is 16.5 Å². The summed E-state index contributed by atoms with van der Waals surface area (Å²) in [6.45, 7) is 7.30. The topological polar surface area (TPSA) is 80.1 Å². The van der Waals surface area contributed by atoms with Gasteiger partial charge in [-0.05, 0) is 42.8 Å². The molecule has 0 aromatic carbocycles. The van der Waals surface area contributed by atoms with Crippen molar-refractivity contribution in [2.75, 3.05) is 18.4 Å². The quantitative estimate of drug-likeness (QED) is 0.516. The first-order chi connectivity index (χ1) is 16.7. The number of thiophene rings is 1. The number of hydrogen-bond acceptors (Lipinski definition) is 5. The fourth-order valence-corrected chi connectivity index (χ4v) is 5.70. The highest BCUT2D eigenvalue weighted by Gasteiger charge is 2.55. The number of aromatic nitrogens is 3. The number of rotatable bonds is 4. The number of halogens is 1. The molecule has 1 spiro atoms. The van der Waals surface area contributed by atoms with Crippen molar-refractivity contribution in [3.8, 4) is 11.8 Å². The van der Waals surface area contributed by atoms with E-state index >= 15 is 0 Å². The number of anilines is 1. The maximum Gasteiger partial charge on any atom is 0.276 e. The smallest absolute Gasteiger partial charge is 0.276 e. The summed E-state index contributed by atoms with van der Waals surface area (Å²) in [6.07, 6.45) is 4.92. The minimum atomic E-state index is -0.341. The molecule has 1 N–H and O–H groups in total. The Morgan fingerprint density at radius 1 is 1.26 bits per heavy atom. The number of amides is 2. The highest BCUT2D eigenvalue weighted by molar-refractivity contribution is 7.10. The van der Waals surface area contributed by atoms with Crippen LogP contribution in [0.4, 0.5) is 5.82 Å². The van der Waals surface area contributed by atoms with Gasteiger partial charge in [-0.25, -0.2) is 4.98 Å². The summed E-state index contributed by atoms with van der Waals surface area (Å²) in [6, 6.07) is 5.92. The Morgan fingerprint density at radius 3 is 2.69 bits per heavy atom. The van der Waals surface area contributed by atoms with Crippen molar-refractivity contribution in [1.29, 1.82) is 0 Å². The molecule has 0 atom stereocenters. The molecule has 1 aliphatic heterocycles. The lowest BCUT2D eigenvalue weighted by Gasteiger charge is -2.59. The van der Waals surface area contributed by atoms with Crippen molar-refractivity contribution in [3.63, 3.8) is 0 Å². The van der Waals surface area contributed by atoms with Gasteiger partial charge >= 0.3 is 0 Å². The Balaban J connectivity index is 1.25. The molecule has 1 saturated heterocycles. The van der Waals surface area contributed by atoms with E-state index in [9.17, 15) is 9.59 Å². The zero-order valence-electron chi connectivity index (χ0n) is 19.8. The molecule has 3 aromatic rings. The van der Waals surface area contributed by atoms with E-state index in [1.54, 1.807) is 22.2 Å². The lowest BCUT2D eigenvalue weighted by Crippen LogP contribution is -2.64. The third kappa shape index (κ3) is 4.58. The molecule has 7 nitrogen and oxygen atoms in total. The maximum atomic E-state index is 13.2. The lowest BCUT2D eigenvalue weighted by atomic mass is 9.60. The molecule has 3 aromatic heterocycles. The van der Waals surface area contributed by atoms with Crippen molar-refractivity contribution < 1.29 is 9.59 Å². The Morgan fingerprint density at radius 2 is 2.03 bits per heavy atom. The number of aryl methyl sites for hydroxylation is 1. The summed E-state index contributed by atoms with van der Waals surface area (Å²) >= 11 is 7.96. The molecule has 5 rings (SSSR count). The summed E-state index contributed by atoms with van der Waals surface area (Å²) in [5, 5.41) is 9.58. The predicted molar refractivity (Wildman–Crippen MR) is 137 cm³/mol. The predicted octanol–water partition coefficient (Wildman–Crippen LogP) is 4.77. The molecule has 2 amide bonds. The number of pyridine rings is 1. The molecule has 35 heavy (non-hydrogen) atoms. The van der Waals surface area contributed by atoms with Crippen molar-refractivity contribution in [2.24, 2.45) is 11.3 Å². The third-order valence-corrected chi connectivity index (χ3v) is 7.73. The largest absolute Gasteiger partial charge is 0.341 e. The van der Waals surface area contributed by atoms with Gasteiger partial charge in [0.1, 0.15) is 11.5 Å². The van der Waals surface area contributed by atoms with Crippen LogP contribution >= 0.6 is 22.9 Å². The van der Waals surface area contributed by atoms with Gasteiger partial charge in [0.05, 0.1) is 22.1 Å². The van der Waals surface area contributed by atoms with Gasteiger partial charge in [-0.1, -0.05) is 43.4 Å². The first-order valence-electron chi connectivity index (χ1n) is 11.6. The van der Waals surface area contributed by atoms with Gasteiger partial charge in [0.15, 0.2) is 0 Å². The second-order valence-corrected chi connectivity index (χ2v) is 11.1.